The van der Waals surface area contributed by atoms with Gasteiger partial charge in [0.15, 0.2) is 0 Å². The molecule has 0 aromatic heterocycles. The molecular formula is C13H27Cl. The third-order valence-electron chi connectivity index (χ3n) is 4.46. The van der Waals surface area contributed by atoms with E-state index >= 15 is 0 Å². The maximum absolute atomic E-state index is 6.79. The fourth-order valence-corrected chi connectivity index (χ4v) is 1.93. The number of halogens is 1. The van der Waals surface area contributed by atoms with Gasteiger partial charge in [0.1, 0.15) is 0 Å². The van der Waals surface area contributed by atoms with Crippen molar-refractivity contribution in [3.63, 3.8) is 0 Å². The highest BCUT2D eigenvalue weighted by Gasteiger charge is 2.53. The summed E-state index contributed by atoms with van der Waals surface area (Å²) in [7, 11) is 0. The summed E-state index contributed by atoms with van der Waals surface area (Å²) in [6.07, 6.45) is 0. The normalized spacial score (nSPS) is 19.3. The standard InChI is InChI=1S/C13H27Cl/c1-10(2,3)12(7,8)13(9,14)11(4,5)6/h1-9H3. The van der Waals surface area contributed by atoms with Gasteiger partial charge in [-0.2, -0.15) is 0 Å². The predicted octanol–water partition coefficient (Wildman–Crippen LogP) is 5.10. The zero-order chi connectivity index (χ0) is 12.0. The Balaban J connectivity index is 5.30. The molecule has 0 aliphatic rings. The van der Waals surface area contributed by atoms with Crippen molar-refractivity contribution in [2.45, 2.75) is 67.2 Å². The van der Waals surface area contributed by atoms with E-state index in [1.54, 1.807) is 0 Å². The second-order valence-electron chi connectivity index (χ2n) is 7.13. The molecule has 0 fully saturated rings. The molecule has 86 valence electrons. The van der Waals surface area contributed by atoms with Crippen LogP contribution in [0.4, 0.5) is 0 Å². The van der Waals surface area contributed by atoms with Gasteiger partial charge in [-0.25, -0.2) is 0 Å². The minimum atomic E-state index is -0.210. The quantitative estimate of drug-likeness (QED) is 0.537. The van der Waals surface area contributed by atoms with Gasteiger partial charge in [-0.3, -0.25) is 0 Å². The van der Waals surface area contributed by atoms with Crippen molar-refractivity contribution >= 4 is 11.6 Å². The molecule has 0 spiro atoms. The summed E-state index contributed by atoms with van der Waals surface area (Å²) in [4.78, 5) is -0.210. The van der Waals surface area contributed by atoms with Crippen LogP contribution < -0.4 is 0 Å². The highest BCUT2D eigenvalue weighted by atomic mass is 35.5. The first-order valence-corrected chi connectivity index (χ1v) is 5.82. The monoisotopic (exact) mass is 218 g/mol. The highest BCUT2D eigenvalue weighted by Crippen LogP contribution is 2.56. The van der Waals surface area contributed by atoms with Gasteiger partial charge in [-0.1, -0.05) is 55.4 Å². The van der Waals surface area contributed by atoms with Crippen LogP contribution in [0.5, 0.6) is 0 Å². The Morgan fingerprint density at radius 1 is 0.571 bits per heavy atom. The van der Waals surface area contributed by atoms with Gasteiger partial charge in [0.05, 0.1) is 4.87 Å². The molecule has 1 heteroatoms. The molecule has 0 saturated carbocycles. The Morgan fingerprint density at radius 3 is 0.929 bits per heavy atom. The largest absolute Gasteiger partial charge is 0.118 e. The van der Waals surface area contributed by atoms with Gasteiger partial charge >= 0.3 is 0 Å². The first-order chi connectivity index (χ1) is 5.75. The molecule has 1 atom stereocenters. The molecule has 0 aromatic rings. The SMILES string of the molecule is CC(C)(C)C(C)(C)C(C)(Cl)C(C)(C)C. The van der Waals surface area contributed by atoms with Crippen LogP contribution in [0.15, 0.2) is 0 Å². The van der Waals surface area contributed by atoms with Crippen molar-refractivity contribution < 1.29 is 0 Å². The van der Waals surface area contributed by atoms with E-state index in [-0.39, 0.29) is 21.1 Å². The molecule has 0 heterocycles. The first-order valence-electron chi connectivity index (χ1n) is 5.44. The molecule has 0 aromatic carbocycles. The van der Waals surface area contributed by atoms with E-state index in [2.05, 4.69) is 62.3 Å². The Bertz CT molecular complexity index is 174. The Morgan fingerprint density at radius 2 is 0.857 bits per heavy atom. The Labute approximate surface area is 95.4 Å². The number of rotatable bonds is 1. The van der Waals surface area contributed by atoms with Crippen LogP contribution in [0, 0.1) is 16.2 Å². The lowest BCUT2D eigenvalue weighted by Crippen LogP contribution is -2.53. The van der Waals surface area contributed by atoms with Crippen LogP contribution in [-0.2, 0) is 0 Å². The van der Waals surface area contributed by atoms with Crippen LogP contribution >= 0.6 is 11.6 Å². The maximum atomic E-state index is 6.79. The number of alkyl halides is 1. The molecule has 0 N–H and O–H groups in total. The van der Waals surface area contributed by atoms with E-state index in [1.165, 1.54) is 0 Å². The number of hydrogen-bond acceptors (Lipinski definition) is 0. The van der Waals surface area contributed by atoms with Crippen molar-refractivity contribution in [2.24, 2.45) is 16.2 Å². The van der Waals surface area contributed by atoms with Crippen molar-refractivity contribution in [1.29, 1.82) is 0 Å². The molecule has 0 amide bonds. The summed E-state index contributed by atoms with van der Waals surface area (Å²) in [6.45, 7) is 20.1. The molecule has 0 saturated heterocycles. The van der Waals surface area contributed by atoms with Crippen molar-refractivity contribution in [3.05, 3.63) is 0 Å². The molecule has 0 radical (unpaired) electrons. The molecule has 0 aliphatic heterocycles. The smallest absolute Gasteiger partial charge is 0.0522 e. The molecule has 0 bridgehead atoms. The van der Waals surface area contributed by atoms with Crippen molar-refractivity contribution in [1.82, 2.24) is 0 Å². The fraction of sp³-hybridized carbons (Fsp3) is 1.00. The van der Waals surface area contributed by atoms with E-state index in [9.17, 15) is 0 Å². The van der Waals surface area contributed by atoms with Gasteiger partial charge in [-0.15, -0.1) is 11.6 Å². The summed E-state index contributed by atoms with van der Waals surface area (Å²) in [5, 5.41) is 0. The summed E-state index contributed by atoms with van der Waals surface area (Å²) >= 11 is 6.79. The topological polar surface area (TPSA) is 0 Å². The van der Waals surface area contributed by atoms with Gasteiger partial charge in [-0.05, 0) is 23.2 Å². The van der Waals surface area contributed by atoms with Gasteiger partial charge < -0.3 is 0 Å². The average molecular weight is 219 g/mol. The van der Waals surface area contributed by atoms with E-state index in [1.807, 2.05) is 0 Å². The van der Waals surface area contributed by atoms with Gasteiger partial charge in [0.25, 0.3) is 0 Å². The molecule has 1 unspecified atom stereocenters. The molecular weight excluding hydrogens is 192 g/mol. The summed E-state index contributed by atoms with van der Waals surface area (Å²) in [5.74, 6) is 0. The zero-order valence-electron chi connectivity index (χ0n) is 11.4. The van der Waals surface area contributed by atoms with Crippen molar-refractivity contribution in [2.75, 3.05) is 0 Å². The summed E-state index contributed by atoms with van der Waals surface area (Å²) in [6, 6.07) is 0. The van der Waals surface area contributed by atoms with E-state index in [0.29, 0.717) is 0 Å². The van der Waals surface area contributed by atoms with Crippen LogP contribution in [0.2, 0.25) is 0 Å². The second kappa shape index (κ2) is 3.40. The number of hydrogen-bond donors (Lipinski definition) is 0. The summed E-state index contributed by atoms with van der Waals surface area (Å²) < 4.78 is 0. The minimum absolute atomic E-state index is 0.0831. The predicted molar refractivity (Wildman–Crippen MR) is 66.9 cm³/mol. The Kier molecular flexibility index (Phi) is 3.47. The van der Waals surface area contributed by atoms with Gasteiger partial charge in [0.2, 0.25) is 0 Å². The van der Waals surface area contributed by atoms with E-state index in [0.717, 1.165) is 0 Å². The zero-order valence-corrected chi connectivity index (χ0v) is 12.1. The fourth-order valence-electron chi connectivity index (χ4n) is 1.64. The molecule has 0 aliphatic carbocycles. The second-order valence-corrected chi connectivity index (χ2v) is 7.88. The molecule has 0 nitrogen and oxygen atoms in total. The van der Waals surface area contributed by atoms with E-state index in [4.69, 9.17) is 11.6 Å². The lowest BCUT2D eigenvalue weighted by molar-refractivity contribution is 0.0248. The van der Waals surface area contributed by atoms with Crippen LogP contribution in [0.3, 0.4) is 0 Å². The average Bonchev–Trinajstić information content (AvgIpc) is 1.81. The van der Waals surface area contributed by atoms with Crippen LogP contribution in [0.25, 0.3) is 0 Å². The van der Waals surface area contributed by atoms with Crippen LogP contribution in [-0.4, -0.2) is 4.87 Å². The van der Waals surface area contributed by atoms with E-state index < -0.39 is 0 Å². The third-order valence-corrected chi connectivity index (χ3v) is 5.50. The first kappa shape index (κ1) is 14.3. The Hall–Kier alpha value is 0.290. The lowest BCUT2D eigenvalue weighted by atomic mass is 9.56. The molecule has 14 heavy (non-hydrogen) atoms. The van der Waals surface area contributed by atoms with Gasteiger partial charge in [0, 0.05) is 0 Å². The minimum Gasteiger partial charge on any atom is -0.118 e. The van der Waals surface area contributed by atoms with Crippen LogP contribution in [0.1, 0.15) is 62.3 Å². The third kappa shape index (κ3) is 2.10. The van der Waals surface area contributed by atoms with Crippen molar-refractivity contribution in [3.8, 4) is 0 Å². The molecule has 0 rings (SSSR count). The lowest BCUT2D eigenvalue weighted by Gasteiger charge is -2.55. The summed E-state index contributed by atoms with van der Waals surface area (Å²) in [5.41, 5.74) is 0.391. The highest BCUT2D eigenvalue weighted by molar-refractivity contribution is 6.24. The maximum Gasteiger partial charge on any atom is 0.0522 e.